The average Bonchev–Trinajstić information content (AvgIpc) is 2.39. The summed E-state index contributed by atoms with van der Waals surface area (Å²) in [4.78, 5) is 10.4. The largest absolute Gasteiger partial charge is 0.303 e. The highest BCUT2D eigenvalue weighted by Gasteiger charge is 1.97. The lowest BCUT2D eigenvalue weighted by molar-refractivity contribution is -0.110. The lowest BCUT2D eigenvalue weighted by atomic mass is 10.0. The van der Waals surface area contributed by atoms with Crippen molar-refractivity contribution < 1.29 is 4.79 Å². The standard InChI is InChI=1S/C17H32O/c1-3-4-5-6-7-8-9-10-11-12-13-14-15-17(2)16-18/h9-10,16-17H,3-8,11-15H2,1-2H3/b10-9+. The van der Waals surface area contributed by atoms with E-state index < -0.39 is 0 Å². The summed E-state index contributed by atoms with van der Waals surface area (Å²) < 4.78 is 0. The third-order valence-corrected chi connectivity index (χ3v) is 3.40. The zero-order chi connectivity index (χ0) is 13.5. The summed E-state index contributed by atoms with van der Waals surface area (Å²) in [5.41, 5.74) is 0. The minimum Gasteiger partial charge on any atom is -0.303 e. The molecule has 1 atom stereocenters. The molecule has 0 aromatic heterocycles. The Morgan fingerprint density at radius 2 is 1.39 bits per heavy atom. The van der Waals surface area contributed by atoms with Crippen LogP contribution in [0.1, 0.15) is 84.5 Å². The Morgan fingerprint density at radius 1 is 0.833 bits per heavy atom. The molecule has 0 aliphatic rings. The van der Waals surface area contributed by atoms with E-state index in [9.17, 15) is 4.79 Å². The van der Waals surface area contributed by atoms with E-state index in [1.54, 1.807) is 0 Å². The number of unbranched alkanes of at least 4 members (excludes halogenated alkanes) is 8. The first-order valence-electron chi connectivity index (χ1n) is 7.91. The van der Waals surface area contributed by atoms with Crippen molar-refractivity contribution in [3.63, 3.8) is 0 Å². The van der Waals surface area contributed by atoms with E-state index in [1.165, 1.54) is 64.2 Å². The van der Waals surface area contributed by atoms with Gasteiger partial charge in [-0.2, -0.15) is 0 Å². The van der Waals surface area contributed by atoms with Gasteiger partial charge in [0, 0.05) is 5.92 Å². The molecule has 0 spiro atoms. The van der Waals surface area contributed by atoms with Crippen LogP contribution in [0.25, 0.3) is 0 Å². The molecule has 0 rings (SSSR count). The number of carbonyl (C=O) groups excluding carboxylic acids is 1. The van der Waals surface area contributed by atoms with E-state index in [0.717, 1.165) is 12.7 Å². The molecule has 0 radical (unpaired) electrons. The normalized spacial score (nSPS) is 13.0. The zero-order valence-corrected chi connectivity index (χ0v) is 12.5. The maximum Gasteiger partial charge on any atom is 0.122 e. The van der Waals surface area contributed by atoms with Gasteiger partial charge in [0.1, 0.15) is 6.29 Å². The molecule has 0 N–H and O–H groups in total. The molecule has 0 saturated carbocycles. The predicted molar refractivity (Wildman–Crippen MR) is 80.8 cm³/mol. The molecule has 1 heteroatoms. The van der Waals surface area contributed by atoms with E-state index in [2.05, 4.69) is 19.1 Å². The Bertz CT molecular complexity index is 196. The third kappa shape index (κ3) is 13.5. The van der Waals surface area contributed by atoms with Crippen molar-refractivity contribution in [1.82, 2.24) is 0 Å². The van der Waals surface area contributed by atoms with E-state index in [1.807, 2.05) is 6.92 Å². The van der Waals surface area contributed by atoms with Crippen molar-refractivity contribution >= 4 is 6.29 Å². The Morgan fingerprint density at radius 3 is 1.94 bits per heavy atom. The van der Waals surface area contributed by atoms with Gasteiger partial charge in [0.15, 0.2) is 0 Å². The Labute approximate surface area is 114 Å². The van der Waals surface area contributed by atoms with Crippen LogP contribution in [0.5, 0.6) is 0 Å². The van der Waals surface area contributed by atoms with Crippen LogP contribution in [0.15, 0.2) is 12.2 Å². The maximum atomic E-state index is 10.4. The molecule has 0 saturated heterocycles. The summed E-state index contributed by atoms with van der Waals surface area (Å²) in [6.45, 7) is 4.27. The number of rotatable bonds is 13. The summed E-state index contributed by atoms with van der Waals surface area (Å²) in [6, 6.07) is 0. The SMILES string of the molecule is CCCCCCC/C=C/CCCCCC(C)C=O. The second kappa shape index (κ2) is 14.5. The fraction of sp³-hybridized carbons (Fsp3) is 0.824. The summed E-state index contributed by atoms with van der Waals surface area (Å²) in [5.74, 6) is 0.253. The van der Waals surface area contributed by atoms with Crippen molar-refractivity contribution in [2.75, 3.05) is 0 Å². The van der Waals surface area contributed by atoms with Gasteiger partial charge in [-0.15, -0.1) is 0 Å². The molecule has 1 unspecified atom stereocenters. The highest BCUT2D eigenvalue weighted by atomic mass is 16.1. The lowest BCUT2D eigenvalue weighted by Gasteiger charge is -2.01. The van der Waals surface area contributed by atoms with Gasteiger partial charge >= 0.3 is 0 Å². The van der Waals surface area contributed by atoms with Crippen molar-refractivity contribution in [1.29, 1.82) is 0 Å². The molecule has 0 heterocycles. The Kier molecular flexibility index (Phi) is 14.0. The molecular formula is C17H32O. The van der Waals surface area contributed by atoms with Gasteiger partial charge in [-0.05, 0) is 32.1 Å². The average molecular weight is 252 g/mol. The minimum absolute atomic E-state index is 0.253. The van der Waals surface area contributed by atoms with Crippen molar-refractivity contribution in [3.8, 4) is 0 Å². The van der Waals surface area contributed by atoms with Crippen LogP contribution in [0, 0.1) is 5.92 Å². The monoisotopic (exact) mass is 252 g/mol. The van der Waals surface area contributed by atoms with Crippen LogP contribution in [0.3, 0.4) is 0 Å². The van der Waals surface area contributed by atoms with Gasteiger partial charge in [-0.25, -0.2) is 0 Å². The van der Waals surface area contributed by atoms with Crippen LogP contribution in [-0.4, -0.2) is 6.29 Å². The van der Waals surface area contributed by atoms with Gasteiger partial charge < -0.3 is 4.79 Å². The molecule has 1 nitrogen and oxygen atoms in total. The first-order chi connectivity index (χ1) is 8.81. The fourth-order valence-electron chi connectivity index (χ4n) is 2.07. The van der Waals surface area contributed by atoms with E-state index >= 15 is 0 Å². The highest BCUT2D eigenvalue weighted by Crippen LogP contribution is 2.10. The number of hydrogen-bond acceptors (Lipinski definition) is 1. The van der Waals surface area contributed by atoms with Gasteiger partial charge in [0.25, 0.3) is 0 Å². The van der Waals surface area contributed by atoms with Crippen molar-refractivity contribution in [2.24, 2.45) is 5.92 Å². The van der Waals surface area contributed by atoms with Crippen LogP contribution in [0.2, 0.25) is 0 Å². The Balaban J connectivity index is 3.11. The molecule has 0 amide bonds. The molecule has 0 bridgehead atoms. The predicted octanol–water partition coefficient (Wildman–Crippen LogP) is 5.69. The number of aldehydes is 1. The summed E-state index contributed by atoms with van der Waals surface area (Å²) in [5, 5.41) is 0. The molecule has 0 aliphatic carbocycles. The van der Waals surface area contributed by atoms with Crippen LogP contribution >= 0.6 is 0 Å². The molecule has 0 aliphatic heterocycles. The van der Waals surface area contributed by atoms with Crippen LogP contribution in [0.4, 0.5) is 0 Å². The molecule has 106 valence electrons. The van der Waals surface area contributed by atoms with Crippen LogP contribution < -0.4 is 0 Å². The molecule has 0 aromatic carbocycles. The van der Waals surface area contributed by atoms with Gasteiger partial charge in [0.2, 0.25) is 0 Å². The molecule has 18 heavy (non-hydrogen) atoms. The number of carbonyl (C=O) groups is 1. The van der Waals surface area contributed by atoms with E-state index in [0.29, 0.717) is 0 Å². The number of allylic oxidation sites excluding steroid dienone is 2. The van der Waals surface area contributed by atoms with Gasteiger partial charge in [0.05, 0.1) is 0 Å². The van der Waals surface area contributed by atoms with E-state index in [-0.39, 0.29) is 5.92 Å². The lowest BCUT2D eigenvalue weighted by Crippen LogP contribution is -1.94. The quantitative estimate of drug-likeness (QED) is 0.234. The van der Waals surface area contributed by atoms with Gasteiger partial charge in [-0.3, -0.25) is 0 Å². The first kappa shape index (κ1) is 17.4. The summed E-state index contributed by atoms with van der Waals surface area (Å²) in [7, 11) is 0. The van der Waals surface area contributed by atoms with Crippen molar-refractivity contribution in [3.05, 3.63) is 12.2 Å². The van der Waals surface area contributed by atoms with E-state index in [4.69, 9.17) is 0 Å². The number of hydrogen-bond donors (Lipinski definition) is 0. The van der Waals surface area contributed by atoms with Crippen molar-refractivity contribution in [2.45, 2.75) is 84.5 Å². The highest BCUT2D eigenvalue weighted by molar-refractivity contribution is 5.52. The first-order valence-corrected chi connectivity index (χ1v) is 7.91. The second-order valence-corrected chi connectivity index (χ2v) is 5.43. The molecule has 0 fully saturated rings. The summed E-state index contributed by atoms with van der Waals surface area (Å²) >= 11 is 0. The topological polar surface area (TPSA) is 17.1 Å². The zero-order valence-electron chi connectivity index (χ0n) is 12.5. The van der Waals surface area contributed by atoms with Crippen LogP contribution in [-0.2, 0) is 4.79 Å². The summed E-state index contributed by atoms with van der Waals surface area (Å²) in [6.07, 6.45) is 19.9. The molecule has 0 aromatic rings. The van der Waals surface area contributed by atoms with Gasteiger partial charge in [-0.1, -0.05) is 64.5 Å². The fourth-order valence-corrected chi connectivity index (χ4v) is 2.07. The second-order valence-electron chi connectivity index (χ2n) is 5.43. The minimum atomic E-state index is 0.253. The maximum absolute atomic E-state index is 10.4. The molecular weight excluding hydrogens is 220 g/mol. The smallest absolute Gasteiger partial charge is 0.122 e. The Hall–Kier alpha value is -0.590. The third-order valence-electron chi connectivity index (χ3n) is 3.40.